The van der Waals surface area contributed by atoms with Crippen LogP contribution in [0.3, 0.4) is 0 Å². The van der Waals surface area contributed by atoms with Crippen molar-refractivity contribution < 1.29 is 9.90 Å². The minimum atomic E-state index is -0.740. The molecule has 2 nitrogen and oxygen atoms in total. The summed E-state index contributed by atoms with van der Waals surface area (Å²) in [5.74, 6) is -1.01. The van der Waals surface area contributed by atoms with Gasteiger partial charge in [-0.25, -0.2) is 0 Å². The van der Waals surface area contributed by atoms with Crippen LogP contribution in [0.5, 0.6) is 0 Å². The van der Waals surface area contributed by atoms with E-state index in [1.54, 1.807) is 6.92 Å². The molecule has 0 heterocycles. The van der Waals surface area contributed by atoms with Gasteiger partial charge in [0.2, 0.25) is 0 Å². The van der Waals surface area contributed by atoms with Crippen LogP contribution in [0.2, 0.25) is 0 Å². The number of carbonyl (C=O) groups is 1. The molecule has 0 aromatic heterocycles. The van der Waals surface area contributed by atoms with Crippen molar-refractivity contribution in [2.45, 2.75) is 25.5 Å². The molecule has 0 aliphatic heterocycles. The van der Waals surface area contributed by atoms with E-state index in [9.17, 15) is 4.79 Å². The van der Waals surface area contributed by atoms with Gasteiger partial charge in [-0.1, -0.05) is 13.8 Å². The molecule has 0 fully saturated rings. The Bertz CT molecular complexity index is 101. The maximum Gasteiger partial charge on any atom is 0.306 e. The maximum atomic E-state index is 10.2. The van der Waals surface area contributed by atoms with E-state index in [0.29, 0.717) is 6.42 Å². The third-order valence-electron chi connectivity index (χ3n) is 1.12. The fourth-order valence-electron chi connectivity index (χ4n) is 0.612. The first-order valence-electron chi connectivity index (χ1n) is 2.95. The molecule has 0 saturated carbocycles. The smallest absolute Gasteiger partial charge is 0.306 e. The van der Waals surface area contributed by atoms with E-state index in [2.05, 4.69) is 12.6 Å². The molecule has 9 heavy (non-hydrogen) atoms. The summed E-state index contributed by atoms with van der Waals surface area (Å²) in [4.78, 5) is 10.2. The van der Waals surface area contributed by atoms with Crippen LogP contribution in [0.1, 0.15) is 20.3 Å². The lowest BCUT2D eigenvalue weighted by molar-refractivity contribution is -0.141. The van der Waals surface area contributed by atoms with E-state index in [-0.39, 0.29) is 11.2 Å². The summed E-state index contributed by atoms with van der Waals surface area (Å²) in [6, 6.07) is 0. The molecule has 0 radical (unpaired) electrons. The predicted octanol–water partition coefficient (Wildman–Crippen LogP) is 1.42. The second kappa shape index (κ2) is 3.77. The average molecular weight is 148 g/mol. The normalized spacial score (nSPS) is 16.8. The van der Waals surface area contributed by atoms with Crippen molar-refractivity contribution >= 4 is 18.6 Å². The molecule has 0 aromatic rings. The van der Waals surface area contributed by atoms with Crippen molar-refractivity contribution in [1.29, 1.82) is 0 Å². The number of hydrogen-bond acceptors (Lipinski definition) is 2. The van der Waals surface area contributed by atoms with Gasteiger partial charge in [-0.05, 0) is 11.7 Å². The van der Waals surface area contributed by atoms with E-state index in [0.717, 1.165) is 0 Å². The van der Waals surface area contributed by atoms with Gasteiger partial charge in [0.15, 0.2) is 0 Å². The van der Waals surface area contributed by atoms with Gasteiger partial charge in [0.05, 0.1) is 5.92 Å². The standard InChI is InChI=1S/C6H12O2S/c1-4(6(7)8)3-5(2)9/h4-5,9H,3H2,1-2H3,(H,7,8). The number of hydrogen-bond donors (Lipinski definition) is 2. The molecule has 0 amide bonds. The van der Waals surface area contributed by atoms with Crippen LogP contribution in [-0.2, 0) is 4.79 Å². The quantitative estimate of drug-likeness (QED) is 0.594. The highest BCUT2D eigenvalue weighted by atomic mass is 32.1. The second-order valence-electron chi connectivity index (χ2n) is 2.32. The van der Waals surface area contributed by atoms with Crippen LogP contribution < -0.4 is 0 Å². The third-order valence-corrected chi connectivity index (χ3v) is 1.33. The van der Waals surface area contributed by atoms with E-state index >= 15 is 0 Å². The lowest BCUT2D eigenvalue weighted by Crippen LogP contribution is -2.12. The summed E-state index contributed by atoms with van der Waals surface area (Å²) >= 11 is 4.07. The van der Waals surface area contributed by atoms with Crippen molar-refractivity contribution in [2.75, 3.05) is 0 Å². The fourth-order valence-corrected chi connectivity index (χ4v) is 0.929. The summed E-state index contributed by atoms with van der Waals surface area (Å²) in [7, 11) is 0. The molecule has 3 heteroatoms. The van der Waals surface area contributed by atoms with E-state index < -0.39 is 5.97 Å². The average Bonchev–Trinajstić information content (AvgIpc) is 1.63. The topological polar surface area (TPSA) is 37.3 Å². The van der Waals surface area contributed by atoms with Crippen molar-refractivity contribution in [3.8, 4) is 0 Å². The van der Waals surface area contributed by atoms with Crippen LogP contribution in [0.15, 0.2) is 0 Å². The first kappa shape index (κ1) is 8.82. The largest absolute Gasteiger partial charge is 0.481 e. The zero-order valence-corrected chi connectivity index (χ0v) is 6.56. The molecule has 0 aromatic carbocycles. The van der Waals surface area contributed by atoms with Gasteiger partial charge >= 0.3 is 5.97 Å². The molecular weight excluding hydrogens is 136 g/mol. The summed E-state index contributed by atoms with van der Waals surface area (Å²) in [6.07, 6.45) is 0.637. The zero-order valence-electron chi connectivity index (χ0n) is 5.66. The summed E-state index contributed by atoms with van der Waals surface area (Å²) < 4.78 is 0. The van der Waals surface area contributed by atoms with Gasteiger partial charge in [0.1, 0.15) is 0 Å². The van der Waals surface area contributed by atoms with Crippen LogP contribution in [0.4, 0.5) is 0 Å². The minimum absolute atomic E-state index is 0.177. The second-order valence-corrected chi connectivity index (χ2v) is 3.21. The summed E-state index contributed by atoms with van der Waals surface area (Å²) in [5, 5.41) is 8.57. The number of rotatable bonds is 3. The van der Waals surface area contributed by atoms with Gasteiger partial charge in [-0.3, -0.25) is 4.79 Å². The van der Waals surface area contributed by atoms with Gasteiger partial charge in [0.25, 0.3) is 0 Å². The monoisotopic (exact) mass is 148 g/mol. The summed E-state index contributed by atoms with van der Waals surface area (Å²) in [5.41, 5.74) is 0. The molecule has 2 atom stereocenters. The first-order valence-corrected chi connectivity index (χ1v) is 3.46. The first-order chi connectivity index (χ1) is 4.04. The maximum absolute atomic E-state index is 10.2. The van der Waals surface area contributed by atoms with E-state index in [4.69, 9.17) is 5.11 Å². The Balaban J connectivity index is 3.50. The van der Waals surface area contributed by atoms with Gasteiger partial charge in [-0.2, -0.15) is 12.6 Å². The Morgan fingerprint density at radius 2 is 2.11 bits per heavy atom. The molecule has 0 rings (SSSR count). The summed E-state index contributed by atoms with van der Waals surface area (Å²) in [6.45, 7) is 3.58. The Morgan fingerprint density at radius 3 is 2.22 bits per heavy atom. The number of carboxylic acids is 1. The van der Waals surface area contributed by atoms with Gasteiger partial charge in [-0.15, -0.1) is 0 Å². The molecule has 0 aliphatic carbocycles. The molecular formula is C6H12O2S. The van der Waals surface area contributed by atoms with Crippen molar-refractivity contribution in [3.05, 3.63) is 0 Å². The molecule has 0 bridgehead atoms. The fraction of sp³-hybridized carbons (Fsp3) is 0.833. The minimum Gasteiger partial charge on any atom is -0.481 e. The SMILES string of the molecule is CC(S)CC(C)C(=O)O. The molecule has 54 valence electrons. The van der Waals surface area contributed by atoms with E-state index in [1.165, 1.54) is 0 Å². The van der Waals surface area contributed by atoms with E-state index in [1.807, 2.05) is 6.92 Å². The van der Waals surface area contributed by atoms with Crippen molar-refractivity contribution in [1.82, 2.24) is 0 Å². The third kappa shape index (κ3) is 4.33. The predicted molar refractivity (Wildman–Crippen MR) is 39.9 cm³/mol. The van der Waals surface area contributed by atoms with Crippen LogP contribution in [0, 0.1) is 5.92 Å². The highest BCUT2D eigenvalue weighted by Gasteiger charge is 2.11. The highest BCUT2D eigenvalue weighted by Crippen LogP contribution is 2.09. The van der Waals surface area contributed by atoms with Crippen LogP contribution in [0.25, 0.3) is 0 Å². The van der Waals surface area contributed by atoms with Gasteiger partial charge < -0.3 is 5.11 Å². The Kier molecular flexibility index (Phi) is 3.70. The molecule has 0 spiro atoms. The molecule has 0 aliphatic rings. The zero-order chi connectivity index (χ0) is 7.44. The number of thiol groups is 1. The Morgan fingerprint density at radius 1 is 1.67 bits per heavy atom. The molecule has 0 saturated heterocycles. The molecule has 1 N–H and O–H groups in total. The Hall–Kier alpha value is -0.180. The number of carboxylic acid groups (broad SMARTS) is 1. The van der Waals surface area contributed by atoms with Gasteiger partial charge in [0, 0.05) is 0 Å². The van der Waals surface area contributed by atoms with Crippen LogP contribution in [-0.4, -0.2) is 16.3 Å². The van der Waals surface area contributed by atoms with Crippen molar-refractivity contribution in [2.24, 2.45) is 5.92 Å². The molecule has 2 unspecified atom stereocenters. The Labute approximate surface area is 60.7 Å². The highest BCUT2D eigenvalue weighted by molar-refractivity contribution is 7.80. The lowest BCUT2D eigenvalue weighted by atomic mass is 10.1. The lowest BCUT2D eigenvalue weighted by Gasteiger charge is -2.06. The number of aliphatic carboxylic acids is 1. The van der Waals surface area contributed by atoms with Crippen LogP contribution >= 0.6 is 12.6 Å². The van der Waals surface area contributed by atoms with Crippen molar-refractivity contribution in [3.63, 3.8) is 0 Å².